The average molecular weight is 203 g/mol. The van der Waals surface area contributed by atoms with Crippen molar-refractivity contribution in [3.8, 4) is 5.75 Å². The van der Waals surface area contributed by atoms with Crippen LogP contribution in [-0.4, -0.2) is 5.11 Å². The zero-order valence-corrected chi connectivity index (χ0v) is 8.49. The Labute approximate surface area is 87.4 Å². The van der Waals surface area contributed by atoms with E-state index in [1.807, 2.05) is 30.3 Å². The third-order valence-corrected chi connectivity index (χ3v) is 2.98. The Morgan fingerprint density at radius 3 is 1.93 bits per heavy atom. The molecule has 2 heteroatoms. The third-order valence-electron chi connectivity index (χ3n) is 1.86. The topological polar surface area (TPSA) is 20.2 Å². The van der Waals surface area contributed by atoms with Crippen LogP contribution in [0.25, 0.3) is 0 Å². The van der Waals surface area contributed by atoms with Gasteiger partial charge in [-0.2, -0.15) is 0 Å². The van der Waals surface area contributed by atoms with Gasteiger partial charge in [0.25, 0.3) is 0 Å². The van der Waals surface area contributed by atoms with Gasteiger partial charge in [-0.3, -0.25) is 0 Å². The molecule has 0 aliphatic rings. The van der Waals surface area contributed by atoms with Gasteiger partial charge in [-0.05, 0) is 36.4 Å². The molecule has 70 valence electrons. The zero-order valence-electron chi connectivity index (χ0n) is 7.59. The van der Waals surface area contributed by atoms with Crippen LogP contribution in [0.5, 0.6) is 5.75 Å². The molecule has 2 aromatic rings. The van der Waals surface area contributed by atoms with Crippen molar-refractivity contribution in [2.45, 2.75) is 9.79 Å². The van der Waals surface area contributed by atoms with Crippen molar-refractivity contribution < 1.29 is 5.11 Å². The molecule has 0 spiro atoms. The minimum Gasteiger partial charge on any atom is -0.508 e. The van der Waals surface area contributed by atoms with Gasteiger partial charge in [-0.1, -0.05) is 18.2 Å². The minimum atomic E-state index is 0.317. The SMILES string of the molecule is Oc1ccc([SH+]c2ccccc2)cc1. The van der Waals surface area contributed by atoms with Crippen LogP contribution in [0.4, 0.5) is 0 Å². The van der Waals surface area contributed by atoms with Gasteiger partial charge in [0.05, 0.1) is 0 Å². The van der Waals surface area contributed by atoms with Gasteiger partial charge >= 0.3 is 0 Å². The molecule has 1 nitrogen and oxygen atoms in total. The molecule has 0 fully saturated rings. The van der Waals surface area contributed by atoms with E-state index in [2.05, 4.69) is 12.1 Å². The first kappa shape index (κ1) is 9.16. The normalized spacial score (nSPS) is 10.0. The van der Waals surface area contributed by atoms with Crippen molar-refractivity contribution in [1.82, 2.24) is 0 Å². The highest BCUT2D eigenvalue weighted by Crippen LogP contribution is 2.15. The molecule has 0 radical (unpaired) electrons. The largest absolute Gasteiger partial charge is 0.508 e. The smallest absolute Gasteiger partial charge is 0.158 e. The lowest BCUT2D eigenvalue weighted by Crippen LogP contribution is -1.82. The second kappa shape index (κ2) is 4.20. The fraction of sp³-hybridized carbons (Fsp3) is 0. The molecule has 0 atom stereocenters. The molecule has 0 unspecified atom stereocenters. The predicted molar refractivity (Wildman–Crippen MR) is 59.8 cm³/mol. The molecule has 0 heterocycles. The van der Waals surface area contributed by atoms with E-state index in [4.69, 9.17) is 5.11 Å². The van der Waals surface area contributed by atoms with Crippen LogP contribution in [-0.2, 0) is 11.8 Å². The van der Waals surface area contributed by atoms with Crippen LogP contribution in [0, 0.1) is 0 Å². The van der Waals surface area contributed by atoms with Gasteiger partial charge in [0.2, 0.25) is 0 Å². The molecule has 0 saturated heterocycles. The van der Waals surface area contributed by atoms with Gasteiger partial charge in [-0.15, -0.1) is 0 Å². The van der Waals surface area contributed by atoms with Crippen molar-refractivity contribution in [3.63, 3.8) is 0 Å². The Morgan fingerprint density at radius 1 is 0.714 bits per heavy atom. The second-order valence-corrected chi connectivity index (χ2v) is 4.22. The van der Waals surface area contributed by atoms with Gasteiger partial charge < -0.3 is 5.11 Å². The van der Waals surface area contributed by atoms with Crippen molar-refractivity contribution in [3.05, 3.63) is 54.6 Å². The lowest BCUT2D eigenvalue weighted by atomic mass is 10.3. The zero-order chi connectivity index (χ0) is 9.80. The number of hydrogen-bond donors (Lipinski definition) is 1. The van der Waals surface area contributed by atoms with Crippen LogP contribution in [0.15, 0.2) is 64.4 Å². The van der Waals surface area contributed by atoms with Crippen LogP contribution < -0.4 is 0 Å². The summed E-state index contributed by atoms with van der Waals surface area (Å²) in [6.07, 6.45) is 0. The average Bonchev–Trinajstić information content (AvgIpc) is 2.23. The van der Waals surface area contributed by atoms with Gasteiger partial charge in [0.15, 0.2) is 9.79 Å². The summed E-state index contributed by atoms with van der Waals surface area (Å²) in [4.78, 5) is 2.45. The molecule has 0 saturated carbocycles. The van der Waals surface area contributed by atoms with Crippen molar-refractivity contribution in [1.29, 1.82) is 0 Å². The van der Waals surface area contributed by atoms with E-state index in [1.54, 1.807) is 12.1 Å². The molecule has 1 N–H and O–H groups in total. The summed E-state index contributed by atoms with van der Waals surface area (Å²) in [6.45, 7) is 0. The highest BCUT2D eigenvalue weighted by molar-refractivity contribution is 7.78. The maximum atomic E-state index is 9.12. The van der Waals surface area contributed by atoms with Crippen molar-refractivity contribution in [2.75, 3.05) is 0 Å². The summed E-state index contributed by atoms with van der Waals surface area (Å²) in [5, 5.41) is 9.12. The van der Waals surface area contributed by atoms with E-state index in [0.717, 1.165) is 0 Å². The highest BCUT2D eigenvalue weighted by Gasteiger charge is 2.04. The predicted octanol–water partition coefficient (Wildman–Crippen LogP) is 2.63. The molecule has 2 rings (SSSR count). The minimum absolute atomic E-state index is 0.317. The Kier molecular flexibility index (Phi) is 2.75. The summed E-state index contributed by atoms with van der Waals surface area (Å²) in [5.74, 6) is 0.317. The van der Waals surface area contributed by atoms with Gasteiger partial charge in [0.1, 0.15) is 5.75 Å². The number of phenols is 1. The van der Waals surface area contributed by atoms with E-state index in [1.165, 1.54) is 21.6 Å². The summed E-state index contributed by atoms with van der Waals surface area (Å²) in [7, 11) is 0. The van der Waals surface area contributed by atoms with E-state index >= 15 is 0 Å². The molecule has 0 aromatic heterocycles. The summed E-state index contributed by atoms with van der Waals surface area (Å²) in [6, 6.07) is 17.6. The number of aromatic hydroxyl groups is 1. The molecule has 2 aromatic carbocycles. The maximum absolute atomic E-state index is 9.12. The summed E-state index contributed by atoms with van der Waals surface area (Å²) >= 11 is 1.17. The lowest BCUT2D eigenvalue weighted by Gasteiger charge is -1.92. The van der Waals surface area contributed by atoms with Crippen LogP contribution >= 0.6 is 0 Å². The van der Waals surface area contributed by atoms with E-state index in [9.17, 15) is 0 Å². The maximum Gasteiger partial charge on any atom is 0.158 e. The molecule has 0 bridgehead atoms. The van der Waals surface area contributed by atoms with Crippen LogP contribution in [0.3, 0.4) is 0 Å². The first-order valence-corrected chi connectivity index (χ1v) is 5.30. The molecule has 14 heavy (non-hydrogen) atoms. The fourth-order valence-electron chi connectivity index (χ4n) is 1.18. The number of rotatable bonds is 2. The number of hydrogen-bond acceptors (Lipinski definition) is 1. The first-order chi connectivity index (χ1) is 6.84. The molecule has 0 aliphatic carbocycles. The Balaban J connectivity index is 2.16. The van der Waals surface area contributed by atoms with Crippen molar-refractivity contribution in [2.24, 2.45) is 0 Å². The Hall–Kier alpha value is -1.41. The quantitative estimate of drug-likeness (QED) is 0.587. The van der Waals surface area contributed by atoms with E-state index in [0.29, 0.717) is 5.75 Å². The second-order valence-electron chi connectivity index (χ2n) is 2.96. The highest BCUT2D eigenvalue weighted by atomic mass is 32.2. The number of benzene rings is 2. The Morgan fingerprint density at radius 2 is 1.29 bits per heavy atom. The number of thiol groups is 1. The Bertz CT molecular complexity index is 394. The summed E-state index contributed by atoms with van der Waals surface area (Å²) < 4.78 is 0. The van der Waals surface area contributed by atoms with Gasteiger partial charge in [0, 0.05) is 11.8 Å². The van der Waals surface area contributed by atoms with Crippen LogP contribution in [0.2, 0.25) is 0 Å². The monoisotopic (exact) mass is 203 g/mol. The molecule has 0 amide bonds. The van der Waals surface area contributed by atoms with Gasteiger partial charge in [-0.25, -0.2) is 0 Å². The van der Waals surface area contributed by atoms with E-state index < -0.39 is 0 Å². The summed E-state index contributed by atoms with van der Waals surface area (Å²) in [5.41, 5.74) is 0. The third kappa shape index (κ3) is 2.30. The van der Waals surface area contributed by atoms with Crippen molar-refractivity contribution >= 4 is 11.8 Å². The fourth-order valence-corrected chi connectivity index (χ4v) is 2.10. The van der Waals surface area contributed by atoms with Crippen LogP contribution in [0.1, 0.15) is 0 Å². The first-order valence-electron chi connectivity index (χ1n) is 4.40. The standard InChI is InChI=1S/C12H10OS/c13-10-6-8-12(9-7-10)14-11-4-2-1-3-5-11/h1-9,13H/p+1. The lowest BCUT2D eigenvalue weighted by molar-refractivity contribution is 0.475. The van der Waals surface area contributed by atoms with E-state index in [-0.39, 0.29) is 0 Å². The number of phenolic OH excluding ortho intramolecular Hbond substituents is 1. The molecule has 0 aliphatic heterocycles. The molecular formula is C12H11OS+. The molecular weight excluding hydrogens is 192 g/mol.